The molecule has 1 aromatic carbocycles. The molecule has 114 valence electrons. The molecule has 1 aliphatic rings. The minimum atomic E-state index is -1.86. The molecular formula is C15H18O6. The van der Waals surface area contributed by atoms with Crippen molar-refractivity contribution in [2.45, 2.75) is 26.1 Å². The van der Waals surface area contributed by atoms with Gasteiger partial charge in [0, 0.05) is 12.0 Å². The van der Waals surface area contributed by atoms with E-state index < -0.39 is 17.7 Å². The summed E-state index contributed by atoms with van der Waals surface area (Å²) in [5.74, 6) is -3.16. The molecule has 0 saturated heterocycles. The first-order valence-corrected chi connectivity index (χ1v) is 6.51. The van der Waals surface area contributed by atoms with Crippen molar-refractivity contribution in [3.63, 3.8) is 0 Å². The van der Waals surface area contributed by atoms with E-state index in [0.717, 1.165) is 6.08 Å². The zero-order valence-electron chi connectivity index (χ0n) is 12.1. The molecule has 21 heavy (non-hydrogen) atoms. The summed E-state index contributed by atoms with van der Waals surface area (Å²) in [7, 11) is 1.34. The first-order chi connectivity index (χ1) is 9.77. The molecule has 1 aliphatic heterocycles. The van der Waals surface area contributed by atoms with Gasteiger partial charge in [0.2, 0.25) is 0 Å². The van der Waals surface area contributed by atoms with Crippen LogP contribution in [0.1, 0.15) is 18.1 Å². The van der Waals surface area contributed by atoms with Crippen LogP contribution < -0.4 is 0 Å². The molecule has 2 atom stereocenters. The quantitative estimate of drug-likeness (QED) is 0.726. The lowest BCUT2D eigenvalue weighted by Gasteiger charge is -2.30. The fraction of sp³-hybridized carbons (Fsp3) is 0.400. The maximum Gasteiger partial charge on any atom is 0.337 e. The molecule has 0 aliphatic carbocycles. The summed E-state index contributed by atoms with van der Waals surface area (Å²) in [6.45, 7) is 3.41. The Labute approximate surface area is 122 Å². The van der Waals surface area contributed by atoms with Crippen molar-refractivity contribution in [3.05, 3.63) is 35.1 Å². The lowest BCUT2D eigenvalue weighted by Crippen LogP contribution is -2.41. The van der Waals surface area contributed by atoms with Gasteiger partial charge in [-0.3, -0.25) is 0 Å². The fourth-order valence-corrected chi connectivity index (χ4v) is 2.48. The Bertz CT molecular complexity index is 583. The standard InChI is InChI=1S/C15H18O6/c1-8-4-10(16)6-12(17)11(8)5-9(2)15(19)13(20-3)7-14(18)21-15/h4,6-7,9,16-17,19H,5H2,1-3H3. The summed E-state index contributed by atoms with van der Waals surface area (Å²) in [6.07, 6.45) is 1.34. The molecule has 0 amide bonds. The lowest BCUT2D eigenvalue weighted by molar-refractivity contribution is -0.209. The van der Waals surface area contributed by atoms with Crippen molar-refractivity contribution in [1.29, 1.82) is 0 Å². The number of phenols is 2. The molecule has 0 spiro atoms. The number of benzene rings is 1. The van der Waals surface area contributed by atoms with Gasteiger partial charge in [-0.2, -0.15) is 0 Å². The summed E-state index contributed by atoms with van der Waals surface area (Å²) in [4.78, 5) is 11.3. The van der Waals surface area contributed by atoms with E-state index in [1.807, 2.05) is 0 Å². The van der Waals surface area contributed by atoms with Crippen LogP contribution in [0, 0.1) is 12.8 Å². The van der Waals surface area contributed by atoms with Crippen LogP contribution in [0.4, 0.5) is 0 Å². The number of rotatable bonds is 4. The zero-order valence-corrected chi connectivity index (χ0v) is 12.1. The highest BCUT2D eigenvalue weighted by Crippen LogP contribution is 2.37. The van der Waals surface area contributed by atoms with Crippen molar-refractivity contribution in [2.75, 3.05) is 7.11 Å². The first-order valence-electron chi connectivity index (χ1n) is 6.51. The molecule has 2 rings (SSSR count). The number of phenolic OH excluding ortho intramolecular Hbond substituents is 2. The molecule has 6 heteroatoms. The summed E-state index contributed by atoms with van der Waals surface area (Å²) in [5.41, 5.74) is 1.24. The Morgan fingerprint density at radius 3 is 2.62 bits per heavy atom. The second kappa shape index (κ2) is 5.29. The van der Waals surface area contributed by atoms with Crippen molar-refractivity contribution in [3.8, 4) is 11.5 Å². The molecule has 2 unspecified atom stereocenters. The monoisotopic (exact) mass is 294 g/mol. The molecule has 0 fully saturated rings. The number of methoxy groups -OCH3 is 1. The highest BCUT2D eigenvalue weighted by molar-refractivity contribution is 5.85. The van der Waals surface area contributed by atoms with Crippen LogP contribution in [0.15, 0.2) is 24.0 Å². The number of cyclic esters (lactones) is 1. The number of aliphatic hydroxyl groups is 1. The van der Waals surface area contributed by atoms with E-state index in [4.69, 9.17) is 9.47 Å². The minimum Gasteiger partial charge on any atom is -0.508 e. The molecule has 1 heterocycles. The highest BCUT2D eigenvalue weighted by atomic mass is 16.7. The Balaban J connectivity index is 2.29. The van der Waals surface area contributed by atoms with E-state index in [1.165, 1.54) is 19.2 Å². The summed E-state index contributed by atoms with van der Waals surface area (Å²) in [5, 5.41) is 29.9. The zero-order chi connectivity index (χ0) is 15.8. The van der Waals surface area contributed by atoms with E-state index in [-0.39, 0.29) is 23.7 Å². The maximum atomic E-state index is 11.3. The Morgan fingerprint density at radius 2 is 2.05 bits per heavy atom. The van der Waals surface area contributed by atoms with E-state index in [9.17, 15) is 20.1 Å². The Morgan fingerprint density at radius 1 is 1.38 bits per heavy atom. The largest absolute Gasteiger partial charge is 0.508 e. The van der Waals surface area contributed by atoms with Crippen molar-refractivity contribution >= 4 is 5.97 Å². The average Bonchev–Trinajstić information content (AvgIpc) is 2.69. The van der Waals surface area contributed by atoms with Gasteiger partial charge >= 0.3 is 5.97 Å². The number of esters is 1. The van der Waals surface area contributed by atoms with Gasteiger partial charge in [-0.15, -0.1) is 0 Å². The molecule has 0 saturated carbocycles. The van der Waals surface area contributed by atoms with Crippen LogP contribution in [0.5, 0.6) is 11.5 Å². The van der Waals surface area contributed by atoms with Crippen LogP contribution >= 0.6 is 0 Å². The highest BCUT2D eigenvalue weighted by Gasteiger charge is 2.48. The summed E-state index contributed by atoms with van der Waals surface area (Å²) >= 11 is 0. The van der Waals surface area contributed by atoms with E-state index in [2.05, 4.69) is 0 Å². The van der Waals surface area contributed by atoms with Gasteiger partial charge in [0.05, 0.1) is 13.2 Å². The fourth-order valence-electron chi connectivity index (χ4n) is 2.48. The third kappa shape index (κ3) is 2.67. The van der Waals surface area contributed by atoms with Crippen LogP contribution in [0.25, 0.3) is 0 Å². The van der Waals surface area contributed by atoms with Crippen LogP contribution in [-0.4, -0.2) is 34.2 Å². The predicted molar refractivity (Wildman–Crippen MR) is 73.5 cm³/mol. The number of hydrogen-bond donors (Lipinski definition) is 3. The second-order valence-electron chi connectivity index (χ2n) is 5.20. The minimum absolute atomic E-state index is 0.0371. The average molecular weight is 294 g/mol. The molecule has 0 radical (unpaired) electrons. The molecule has 0 aromatic heterocycles. The third-order valence-corrected chi connectivity index (χ3v) is 3.69. The van der Waals surface area contributed by atoms with Crippen LogP contribution in [0.2, 0.25) is 0 Å². The van der Waals surface area contributed by atoms with Crippen LogP contribution in [-0.2, 0) is 20.7 Å². The van der Waals surface area contributed by atoms with Gasteiger partial charge < -0.3 is 24.8 Å². The van der Waals surface area contributed by atoms with E-state index in [1.54, 1.807) is 13.8 Å². The molecule has 6 nitrogen and oxygen atoms in total. The smallest absolute Gasteiger partial charge is 0.337 e. The van der Waals surface area contributed by atoms with Crippen LogP contribution in [0.3, 0.4) is 0 Å². The summed E-state index contributed by atoms with van der Waals surface area (Å²) < 4.78 is 9.96. The Kier molecular flexibility index (Phi) is 3.82. The van der Waals surface area contributed by atoms with Gasteiger partial charge in [0.1, 0.15) is 11.5 Å². The predicted octanol–water partition coefficient (Wildman–Crippen LogP) is 1.36. The van der Waals surface area contributed by atoms with Crippen molar-refractivity contribution in [1.82, 2.24) is 0 Å². The SMILES string of the molecule is COC1=CC(=O)OC1(O)C(C)Cc1c(C)cc(O)cc1O. The maximum absolute atomic E-state index is 11.3. The number of aryl methyl sites for hydroxylation is 1. The molecule has 0 bridgehead atoms. The van der Waals surface area contributed by atoms with Gasteiger partial charge in [0.15, 0.2) is 5.76 Å². The number of aromatic hydroxyl groups is 2. The van der Waals surface area contributed by atoms with Gasteiger partial charge in [-0.25, -0.2) is 4.79 Å². The normalized spacial score (nSPS) is 22.7. The summed E-state index contributed by atoms with van der Waals surface area (Å²) in [6, 6.07) is 2.74. The molecule has 3 N–H and O–H groups in total. The van der Waals surface area contributed by atoms with Gasteiger partial charge in [0.25, 0.3) is 5.79 Å². The van der Waals surface area contributed by atoms with Crippen molar-refractivity contribution < 1.29 is 29.6 Å². The van der Waals surface area contributed by atoms with E-state index >= 15 is 0 Å². The first kappa shape index (κ1) is 15.2. The number of ether oxygens (including phenoxy) is 2. The second-order valence-corrected chi connectivity index (χ2v) is 5.20. The van der Waals surface area contributed by atoms with E-state index in [0.29, 0.717) is 11.1 Å². The number of carbonyl (C=O) groups is 1. The van der Waals surface area contributed by atoms with Gasteiger partial charge in [-0.05, 0) is 30.5 Å². The number of carbonyl (C=O) groups excluding carboxylic acids is 1. The van der Waals surface area contributed by atoms with Gasteiger partial charge in [-0.1, -0.05) is 6.92 Å². The Hall–Kier alpha value is -2.21. The third-order valence-electron chi connectivity index (χ3n) is 3.69. The molecule has 1 aromatic rings. The topological polar surface area (TPSA) is 96.2 Å². The lowest BCUT2D eigenvalue weighted by atomic mass is 9.89. The van der Waals surface area contributed by atoms with Crippen molar-refractivity contribution in [2.24, 2.45) is 5.92 Å². The number of hydrogen-bond acceptors (Lipinski definition) is 6. The molecular weight excluding hydrogens is 276 g/mol.